The molecule has 3 atom stereocenters. The van der Waals surface area contributed by atoms with Gasteiger partial charge in [-0.3, -0.25) is 4.79 Å². The molecule has 2 nitrogen and oxygen atoms in total. The predicted octanol–water partition coefficient (Wildman–Crippen LogP) is 6.26. The van der Waals surface area contributed by atoms with Crippen LogP contribution in [0.5, 0.6) is 0 Å². The molecule has 0 aromatic rings. The van der Waals surface area contributed by atoms with Gasteiger partial charge in [0, 0.05) is 19.4 Å². The van der Waals surface area contributed by atoms with Gasteiger partial charge in [0.1, 0.15) is 5.78 Å². The summed E-state index contributed by atoms with van der Waals surface area (Å²) < 4.78 is 5.51. The van der Waals surface area contributed by atoms with Gasteiger partial charge < -0.3 is 4.74 Å². The van der Waals surface area contributed by atoms with Crippen molar-refractivity contribution in [1.82, 2.24) is 0 Å². The molecule has 1 rings (SSSR count). The molecule has 0 aliphatic heterocycles. The quantitative estimate of drug-likeness (QED) is 0.293. The zero-order valence-corrected chi connectivity index (χ0v) is 16.0. The lowest BCUT2D eigenvalue weighted by Gasteiger charge is -2.28. The van der Waals surface area contributed by atoms with Gasteiger partial charge in [-0.05, 0) is 44.9 Å². The zero-order valence-electron chi connectivity index (χ0n) is 16.0. The highest BCUT2D eigenvalue weighted by Gasteiger charge is 2.21. The van der Waals surface area contributed by atoms with Crippen molar-refractivity contribution in [2.24, 2.45) is 11.8 Å². The molecule has 0 spiro atoms. The minimum atomic E-state index is 0.105. The molecule has 0 aromatic carbocycles. The van der Waals surface area contributed by atoms with E-state index < -0.39 is 0 Å². The molecule has 1 fully saturated rings. The van der Waals surface area contributed by atoms with Gasteiger partial charge in [0.25, 0.3) is 0 Å². The Morgan fingerprint density at radius 3 is 2.67 bits per heavy atom. The first-order valence-electron chi connectivity index (χ1n) is 9.87. The molecule has 0 amide bonds. The summed E-state index contributed by atoms with van der Waals surface area (Å²) >= 11 is 0. The number of ketones is 1. The van der Waals surface area contributed by atoms with E-state index in [2.05, 4.69) is 13.2 Å². The molecule has 0 bridgehead atoms. The molecular weight excluding hydrogens is 296 g/mol. The standard InChI is InChI=1S/C22H38O2/c1-5-11-20(16-18(2)3)22(23)15-9-7-6-8-12-19-13-10-14-21(17-19)24-4/h5,19-21H,1-2,6-17H2,3-4H3. The smallest absolute Gasteiger partial charge is 0.136 e. The van der Waals surface area contributed by atoms with Gasteiger partial charge in [-0.2, -0.15) is 0 Å². The van der Waals surface area contributed by atoms with E-state index >= 15 is 0 Å². The summed E-state index contributed by atoms with van der Waals surface area (Å²) in [7, 11) is 1.84. The Labute approximate surface area is 149 Å². The average molecular weight is 335 g/mol. The third-order valence-electron chi connectivity index (χ3n) is 5.35. The normalized spacial score (nSPS) is 22.1. The van der Waals surface area contributed by atoms with E-state index in [4.69, 9.17) is 4.74 Å². The Morgan fingerprint density at radius 1 is 1.25 bits per heavy atom. The number of ether oxygens (including phenoxy) is 1. The van der Waals surface area contributed by atoms with Crippen LogP contribution < -0.4 is 0 Å². The van der Waals surface area contributed by atoms with Crippen molar-refractivity contribution in [2.45, 2.75) is 90.1 Å². The second-order valence-electron chi connectivity index (χ2n) is 7.69. The Hall–Kier alpha value is -0.890. The molecule has 1 aliphatic carbocycles. The fourth-order valence-electron chi connectivity index (χ4n) is 3.96. The number of allylic oxidation sites excluding steroid dienone is 2. The maximum Gasteiger partial charge on any atom is 0.136 e. The summed E-state index contributed by atoms with van der Waals surface area (Å²) in [4.78, 5) is 12.3. The maximum absolute atomic E-state index is 12.3. The van der Waals surface area contributed by atoms with Gasteiger partial charge in [-0.25, -0.2) is 0 Å². The van der Waals surface area contributed by atoms with Crippen LogP contribution in [0.15, 0.2) is 24.8 Å². The molecule has 1 saturated carbocycles. The molecule has 0 radical (unpaired) electrons. The van der Waals surface area contributed by atoms with Crippen LogP contribution in [0.25, 0.3) is 0 Å². The summed E-state index contributed by atoms with van der Waals surface area (Å²) in [5.74, 6) is 1.36. The van der Waals surface area contributed by atoms with Crippen molar-refractivity contribution in [1.29, 1.82) is 0 Å². The molecule has 0 heterocycles. The number of rotatable bonds is 13. The lowest BCUT2D eigenvalue weighted by atomic mass is 9.83. The number of Topliss-reactive ketones (excluding diaryl/α,β-unsaturated/α-hetero) is 1. The monoisotopic (exact) mass is 334 g/mol. The van der Waals surface area contributed by atoms with Crippen LogP contribution in [0.2, 0.25) is 0 Å². The largest absolute Gasteiger partial charge is 0.381 e. The van der Waals surface area contributed by atoms with Gasteiger partial charge in [-0.15, -0.1) is 13.2 Å². The zero-order chi connectivity index (χ0) is 17.8. The van der Waals surface area contributed by atoms with Crippen molar-refractivity contribution in [3.05, 3.63) is 24.8 Å². The highest BCUT2D eigenvalue weighted by molar-refractivity contribution is 5.81. The third kappa shape index (κ3) is 8.82. The van der Waals surface area contributed by atoms with Crippen molar-refractivity contribution < 1.29 is 9.53 Å². The van der Waals surface area contributed by atoms with Crippen LogP contribution in [-0.4, -0.2) is 19.0 Å². The van der Waals surface area contributed by atoms with Crippen LogP contribution in [0.1, 0.15) is 84.0 Å². The average Bonchev–Trinajstić information content (AvgIpc) is 2.57. The van der Waals surface area contributed by atoms with Gasteiger partial charge in [0.05, 0.1) is 6.10 Å². The first kappa shape index (κ1) is 21.2. The van der Waals surface area contributed by atoms with E-state index in [1.807, 2.05) is 20.1 Å². The van der Waals surface area contributed by atoms with Crippen LogP contribution in [0, 0.1) is 11.8 Å². The number of methoxy groups -OCH3 is 1. The molecule has 0 N–H and O–H groups in total. The summed E-state index contributed by atoms with van der Waals surface area (Å²) in [6.45, 7) is 9.72. The topological polar surface area (TPSA) is 26.3 Å². The minimum Gasteiger partial charge on any atom is -0.381 e. The molecule has 24 heavy (non-hydrogen) atoms. The number of unbranched alkanes of at least 4 members (excludes halogenated alkanes) is 3. The third-order valence-corrected chi connectivity index (χ3v) is 5.35. The fraction of sp³-hybridized carbons (Fsp3) is 0.773. The Kier molecular flexibility index (Phi) is 11.0. The maximum atomic E-state index is 12.3. The van der Waals surface area contributed by atoms with Crippen molar-refractivity contribution in [3.8, 4) is 0 Å². The second kappa shape index (κ2) is 12.5. The highest BCUT2D eigenvalue weighted by Crippen LogP contribution is 2.30. The van der Waals surface area contributed by atoms with E-state index in [1.165, 1.54) is 51.4 Å². The Bertz CT molecular complexity index is 385. The molecule has 0 aromatic heterocycles. The SMILES string of the molecule is C=CCC(CC(=C)C)C(=O)CCCCCCC1CCCC(OC)C1. The molecule has 0 saturated heterocycles. The Morgan fingerprint density at radius 2 is 2.00 bits per heavy atom. The van der Waals surface area contributed by atoms with Crippen LogP contribution >= 0.6 is 0 Å². The summed E-state index contributed by atoms with van der Waals surface area (Å²) in [6, 6.07) is 0. The number of hydrogen-bond donors (Lipinski definition) is 0. The number of carbonyl (C=O) groups excluding carboxylic acids is 1. The predicted molar refractivity (Wildman–Crippen MR) is 103 cm³/mol. The van der Waals surface area contributed by atoms with Gasteiger partial charge in [0.2, 0.25) is 0 Å². The molecular formula is C22H38O2. The summed E-state index contributed by atoms with van der Waals surface area (Å²) in [5.41, 5.74) is 1.09. The fourth-order valence-corrected chi connectivity index (χ4v) is 3.96. The molecule has 138 valence electrons. The van der Waals surface area contributed by atoms with E-state index in [0.29, 0.717) is 11.9 Å². The van der Waals surface area contributed by atoms with E-state index in [-0.39, 0.29) is 5.92 Å². The van der Waals surface area contributed by atoms with E-state index in [9.17, 15) is 4.79 Å². The van der Waals surface area contributed by atoms with Crippen LogP contribution in [-0.2, 0) is 9.53 Å². The molecule has 3 unspecified atom stereocenters. The molecule has 2 heteroatoms. The lowest BCUT2D eigenvalue weighted by Crippen LogP contribution is -2.21. The summed E-state index contributed by atoms with van der Waals surface area (Å²) in [6.07, 6.45) is 16.0. The lowest BCUT2D eigenvalue weighted by molar-refractivity contribution is -0.122. The summed E-state index contributed by atoms with van der Waals surface area (Å²) in [5, 5.41) is 0. The van der Waals surface area contributed by atoms with E-state index in [0.717, 1.165) is 37.2 Å². The van der Waals surface area contributed by atoms with Gasteiger partial charge in [-0.1, -0.05) is 50.2 Å². The van der Waals surface area contributed by atoms with Crippen molar-refractivity contribution in [3.63, 3.8) is 0 Å². The molecule has 1 aliphatic rings. The minimum absolute atomic E-state index is 0.105. The number of carbonyl (C=O) groups is 1. The first-order valence-corrected chi connectivity index (χ1v) is 9.87. The van der Waals surface area contributed by atoms with E-state index in [1.54, 1.807) is 0 Å². The van der Waals surface area contributed by atoms with Crippen LogP contribution in [0.4, 0.5) is 0 Å². The Balaban J connectivity index is 2.11. The van der Waals surface area contributed by atoms with Crippen molar-refractivity contribution in [2.75, 3.05) is 7.11 Å². The van der Waals surface area contributed by atoms with Crippen LogP contribution in [0.3, 0.4) is 0 Å². The number of hydrogen-bond acceptors (Lipinski definition) is 2. The second-order valence-corrected chi connectivity index (χ2v) is 7.69. The van der Waals surface area contributed by atoms with Gasteiger partial charge in [0.15, 0.2) is 0 Å². The van der Waals surface area contributed by atoms with Gasteiger partial charge >= 0.3 is 0 Å². The van der Waals surface area contributed by atoms with Crippen molar-refractivity contribution >= 4 is 5.78 Å². The highest BCUT2D eigenvalue weighted by atomic mass is 16.5. The first-order chi connectivity index (χ1) is 11.6.